The monoisotopic (exact) mass is 422 g/mol. The van der Waals surface area contributed by atoms with Crippen LogP contribution in [0.3, 0.4) is 0 Å². The van der Waals surface area contributed by atoms with Crippen molar-refractivity contribution in [3.63, 3.8) is 0 Å². The highest BCUT2D eigenvalue weighted by Gasteiger charge is 2.09. The van der Waals surface area contributed by atoms with Crippen molar-refractivity contribution in [3.8, 4) is 11.5 Å². The molecule has 0 saturated carbocycles. The van der Waals surface area contributed by atoms with Crippen molar-refractivity contribution < 1.29 is 14.3 Å². The summed E-state index contributed by atoms with van der Waals surface area (Å²) in [6, 6.07) is 15.6. The van der Waals surface area contributed by atoms with Gasteiger partial charge >= 0.3 is 0 Å². The van der Waals surface area contributed by atoms with Crippen LogP contribution in [0.15, 0.2) is 65.8 Å². The minimum atomic E-state index is -0.0327. The van der Waals surface area contributed by atoms with Crippen molar-refractivity contribution in [1.29, 1.82) is 0 Å². The number of hydrogen-bond acceptors (Lipinski definition) is 5. The highest BCUT2D eigenvalue weighted by atomic mass is 32.2. The van der Waals surface area contributed by atoms with Crippen molar-refractivity contribution in [2.75, 3.05) is 18.2 Å². The number of ether oxygens (including phenoxy) is 2. The van der Waals surface area contributed by atoms with Gasteiger partial charge in [0.1, 0.15) is 6.61 Å². The van der Waals surface area contributed by atoms with Gasteiger partial charge in [0.2, 0.25) is 5.91 Å². The van der Waals surface area contributed by atoms with E-state index < -0.39 is 0 Å². The van der Waals surface area contributed by atoms with Crippen LogP contribution in [0.2, 0.25) is 0 Å². The third-order valence-corrected chi connectivity index (χ3v) is 5.64. The lowest BCUT2D eigenvalue weighted by atomic mass is 10.1. The summed E-state index contributed by atoms with van der Waals surface area (Å²) in [5, 5.41) is 2.94. The first-order chi connectivity index (χ1) is 14.5. The number of nitrogens with zero attached hydrogens (tertiary/aromatic N) is 1. The summed E-state index contributed by atoms with van der Waals surface area (Å²) in [6.07, 6.45) is 3.90. The van der Waals surface area contributed by atoms with Gasteiger partial charge in [-0.2, -0.15) is 0 Å². The molecule has 0 aliphatic carbocycles. The zero-order chi connectivity index (χ0) is 21.3. The quantitative estimate of drug-likeness (QED) is 0.468. The number of carbonyl (C=O) groups is 1. The molecule has 6 heteroatoms. The summed E-state index contributed by atoms with van der Waals surface area (Å²) in [5.74, 6) is 1.87. The SMILES string of the molecule is COc1ccc(NC(=O)CCSc2ccc(C)c(C)c2)cc1OCc1cccnc1. The molecule has 3 rings (SSSR count). The van der Waals surface area contributed by atoms with Crippen LogP contribution in [0.25, 0.3) is 0 Å². The zero-order valence-corrected chi connectivity index (χ0v) is 18.3. The Kier molecular flexibility index (Phi) is 7.74. The molecule has 0 aliphatic heterocycles. The Morgan fingerprint density at radius 3 is 2.67 bits per heavy atom. The summed E-state index contributed by atoms with van der Waals surface area (Å²) >= 11 is 1.69. The van der Waals surface area contributed by atoms with Crippen molar-refractivity contribution in [3.05, 3.63) is 77.6 Å². The number of benzene rings is 2. The predicted molar refractivity (Wildman–Crippen MR) is 121 cm³/mol. The molecule has 1 aromatic heterocycles. The topological polar surface area (TPSA) is 60.5 Å². The van der Waals surface area contributed by atoms with E-state index >= 15 is 0 Å². The van der Waals surface area contributed by atoms with Gasteiger partial charge in [-0.3, -0.25) is 9.78 Å². The summed E-state index contributed by atoms with van der Waals surface area (Å²) in [6.45, 7) is 4.57. The second-order valence-corrected chi connectivity index (χ2v) is 8.08. The second kappa shape index (κ2) is 10.7. The number of nitrogens with one attached hydrogen (secondary N) is 1. The van der Waals surface area contributed by atoms with E-state index in [1.54, 1.807) is 43.4 Å². The Hall–Kier alpha value is -2.99. The molecule has 2 aromatic carbocycles. The van der Waals surface area contributed by atoms with Gasteiger partial charge in [-0.15, -0.1) is 11.8 Å². The van der Waals surface area contributed by atoms with Gasteiger partial charge in [-0.05, 0) is 55.3 Å². The van der Waals surface area contributed by atoms with Crippen LogP contribution in [0, 0.1) is 13.8 Å². The molecule has 5 nitrogen and oxygen atoms in total. The van der Waals surface area contributed by atoms with Crippen LogP contribution in [0.1, 0.15) is 23.1 Å². The van der Waals surface area contributed by atoms with E-state index in [0.717, 1.165) is 11.3 Å². The van der Waals surface area contributed by atoms with Crippen LogP contribution < -0.4 is 14.8 Å². The summed E-state index contributed by atoms with van der Waals surface area (Å²) in [7, 11) is 1.59. The number of amides is 1. The van der Waals surface area contributed by atoms with Crippen LogP contribution in [0.5, 0.6) is 11.5 Å². The maximum atomic E-state index is 12.4. The minimum Gasteiger partial charge on any atom is -0.493 e. The molecule has 0 spiro atoms. The molecular weight excluding hydrogens is 396 g/mol. The summed E-state index contributed by atoms with van der Waals surface area (Å²) in [4.78, 5) is 17.6. The third kappa shape index (κ3) is 6.26. The van der Waals surface area contributed by atoms with Crippen molar-refractivity contribution in [2.24, 2.45) is 0 Å². The van der Waals surface area contributed by atoms with Gasteiger partial charge in [-0.25, -0.2) is 0 Å². The fraction of sp³-hybridized carbons (Fsp3) is 0.250. The smallest absolute Gasteiger partial charge is 0.225 e. The van der Waals surface area contributed by atoms with E-state index in [0.29, 0.717) is 30.2 Å². The molecule has 0 saturated heterocycles. The lowest BCUT2D eigenvalue weighted by Gasteiger charge is -2.13. The highest BCUT2D eigenvalue weighted by molar-refractivity contribution is 7.99. The molecule has 0 unspecified atom stereocenters. The molecule has 1 amide bonds. The Morgan fingerprint density at radius 2 is 1.93 bits per heavy atom. The number of anilines is 1. The van der Waals surface area contributed by atoms with Gasteiger partial charge in [-0.1, -0.05) is 12.1 Å². The molecule has 30 heavy (non-hydrogen) atoms. The molecular formula is C24H26N2O3S. The first-order valence-corrected chi connectivity index (χ1v) is 10.7. The number of aryl methyl sites for hydroxylation is 2. The van der Waals surface area contributed by atoms with Gasteiger partial charge in [0.15, 0.2) is 11.5 Å². The van der Waals surface area contributed by atoms with E-state index in [4.69, 9.17) is 9.47 Å². The first kappa shape index (κ1) is 21.7. The Balaban J connectivity index is 1.54. The van der Waals surface area contributed by atoms with Crippen LogP contribution in [0.4, 0.5) is 5.69 Å². The Labute approximate surface area is 181 Å². The maximum Gasteiger partial charge on any atom is 0.225 e. The third-order valence-electron chi connectivity index (χ3n) is 4.64. The van der Waals surface area contributed by atoms with Gasteiger partial charge in [0.05, 0.1) is 7.11 Å². The Bertz CT molecular complexity index is 993. The van der Waals surface area contributed by atoms with E-state index in [2.05, 4.69) is 42.3 Å². The molecule has 0 radical (unpaired) electrons. The lowest BCUT2D eigenvalue weighted by Crippen LogP contribution is -2.12. The average molecular weight is 423 g/mol. The largest absolute Gasteiger partial charge is 0.493 e. The maximum absolute atomic E-state index is 12.4. The second-order valence-electron chi connectivity index (χ2n) is 6.91. The molecule has 1 N–H and O–H groups in total. The normalized spacial score (nSPS) is 10.5. The van der Waals surface area contributed by atoms with Crippen molar-refractivity contribution in [2.45, 2.75) is 31.8 Å². The van der Waals surface area contributed by atoms with Crippen molar-refractivity contribution >= 4 is 23.4 Å². The first-order valence-electron chi connectivity index (χ1n) is 9.75. The fourth-order valence-electron chi connectivity index (χ4n) is 2.80. The molecule has 0 bridgehead atoms. The Morgan fingerprint density at radius 1 is 1.07 bits per heavy atom. The number of hydrogen-bond donors (Lipinski definition) is 1. The number of pyridine rings is 1. The highest BCUT2D eigenvalue weighted by Crippen LogP contribution is 2.31. The fourth-order valence-corrected chi connectivity index (χ4v) is 3.75. The van der Waals surface area contributed by atoms with Crippen LogP contribution >= 0.6 is 11.8 Å². The number of methoxy groups -OCH3 is 1. The number of rotatable bonds is 9. The molecule has 3 aromatic rings. The number of aromatic nitrogens is 1. The van der Waals surface area contributed by atoms with Crippen LogP contribution in [-0.4, -0.2) is 23.8 Å². The number of thioether (sulfide) groups is 1. The van der Waals surface area contributed by atoms with Crippen LogP contribution in [-0.2, 0) is 11.4 Å². The van der Waals surface area contributed by atoms with Gasteiger partial charge in [0.25, 0.3) is 0 Å². The summed E-state index contributed by atoms with van der Waals surface area (Å²) in [5.41, 5.74) is 4.18. The lowest BCUT2D eigenvalue weighted by molar-refractivity contribution is -0.115. The molecule has 156 valence electrons. The van der Waals surface area contributed by atoms with Gasteiger partial charge in [0, 0.05) is 46.8 Å². The van der Waals surface area contributed by atoms with E-state index in [-0.39, 0.29) is 5.91 Å². The van der Waals surface area contributed by atoms with Gasteiger partial charge < -0.3 is 14.8 Å². The number of carbonyl (C=O) groups excluding carboxylic acids is 1. The van der Waals surface area contributed by atoms with E-state index in [9.17, 15) is 4.79 Å². The molecule has 0 atom stereocenters. The van der Waals surface area contributed by atoms with Crippen molar-refractivity contribution in [1.82, 2.24) is 4.98 Å². The predicted octanol–water partition coefficient (Wildman–Crippen LogP) is 5.41. The van der Waals surface area contributed by atoms with E-state index in [1.165, 1.54) is 16.0 Å². The zero-order valence-electron chi connectivity index (χ0n) is 17.5. The summed E-state index contributed by atoms with van der Waals surface area (Å²) < 4.78 is 11.2. The minimum absolute atomic E-state index is 0.0327. The standard InChI is InChI=1S/C24H26N2O3S/c1-17-6-8-21(13-18(17)2)30-12-10-24(27)26-20-7-9-22(28-3)23(14-20)29-16-19-5-4-11-25-15-19/h4-9,11,13-15H,10,12,16H2,1-3H3,(H,26,27). The average Bonchev–Trinajstić information content (AvgIpc) is 2.75. The van der Waals surface area contributed by atoms with E-state index in [1.807, 2.05) is 18.2 Å². The molecule has 0 aliphatic rings. The molecule has 1 heterocycles. The molecule has 0 fully saturated rings.